The summed E-state index contributed by atoms with van der Waals surface area (Å²) in [5, 5.41) is 45.1. The first-order valence-electron chi connectivity index (χ1n) is 15.1. The molecular formula is C29H39GdN6O11. The minimum Gasteiger partial charge on any atom is -0.549 e. The number of benzene rings is 1. The number of hydrogen-bond acceptors (Lipinski definition) is 15. The predicted molar refractivity (Wildman–Crippen MR) is 153 cm³/mol. The molecule has 0 unspecified atom stereocenters. The van der Waals surface area contributed by atoms with Gasteiger partial charge in [-0.3, -0.25) is 34.5 Å². The number of nitro groups is 1. The monoisotopic (exact) mass is 805 g/mol. The molecule has 0 bridgehead atoms. The number of carboxylic acids is 3. The average Bonchev–Trinajstić information content (AvgIpc) is 3.51. The molecule has 0 atom stereocenters. The van der Waals surface area contributed by atoms with E-state index in [0.29, 0.717) is 12.8 Å². The Morgan fingerprint density at radius 1 is 0.702 bits per heavy atom. The topological polar surface area (TPSA) is 223 Å². The van der Waals surface area contributed by atoms with Crippen molar-refractivity contribution >= 4 is 35.5 Å². The van der Waals surface area contributed by atoms with Gasteiger partial charge in [-0.05, 0) is 25.0 Å². The number of carbonyl (C=O) groups is 5. The molecule has 1 radical (unpaired) electrons. The number of rotatable bonds is 13. The van der Waals surface area contributed by atoms with Gasteiger partial charge in [0.05, 0.1) is 29.4 Å². The first kappa shape index (κ1) is 40.3. The van der Waals surface area contributed by atoms with E-state index in [2.05, 4.69) is 0 Å². The van der Waals surface area contributed by atoms with Gasteiger partial charge in [-0.15, -0.1) is 0 Å². The first-order valence-corrected chi connectivity index (χ1v) is 15.1. The van der Waals surface area contributed by atoms with Crippen LogP contribution in [0.25, 0.3) is 0 Å². The molecule has 1 saturated carbocycles. The third-order valence-corrected chi connectivity index (χ3v) is 8.01. The maximum absolute atomic E-state index is 13.7. The number of non-ortho nitro benzene ring substituents is 1. The van der Waals surface area contributed by atoms with Gasteiger partial charge >= 0.3 is 45.9 Å². The number of hydrogen-bond donors (Lipinski definition) is 0. The Morgan fingerprint density at radius 2 is 1.09 bits per heavy atom. The van der Waals surface area contributed by atoms with Gasteiger partial charge < -0.3 is 39.3 Å². The van der Waals surface area contributed by atoms with E-state index in [0.717, 1.165) is 12.8 Å². The van der Waals surface area contributed by atoms with Crippen LogP contribution < -0.4 is 20.1 Å². The fraction of sp³-hybridized carbons (Fsp3) is 0.621. The standard InChI is InChI=1S/C29H42N6O11.Gd/c36-25(34(22-3-1-2-4-22)21-29(43)46-24-7-5-23(6-8-24)35(44)45)17-30-9-11-31(18-26(37)38)13-15-33(20-28(41)42)16-14-32(12-10-30)19-27(39)40;/h5-8,22H,1-4,9-21H2,(H,37,38)(H,39,40)(H,41,42);/q;+3/p-3. The molecule has 17 nitrogen and oxygen atoms in total. The Morgan fingerprint density at radius 3 is 1.45 bits per heavy atom. The van der Waals surface area contributed by atoms with Gasteiger partial charge in [-0.25, -0.2) is 4.79 Å². The summed E-state index contributed by atoms with van der Waals surface area (Å²) in [5.74, 6) is -4.95. The average molecular weight is 805 g/mol. The normalized spacial score (nSPS) is 17.9. The van der Waals surface area contributed by atoms with Crippen molar-refractivity contribution in [2.45, 2.75) is 31.7 Å². The quantitative estimate of drug-likeness (QED) is 0.0797. The maximum Gasteiger partial charge on any atom is 3.00 e. The molecule has 0 N–H and O–H groups in total. The smallest absolute Gasteiger partial charge is 0.549 e. The maximum atomic E-state index is 13.7. The van der Waals surface area contributed by atoms with Crippen LogP contribution in [0.1, 0.15) is 25.7 Å². The summed E-state index contributed by atoms with van der Waals surface area (Å²) in [7, 11) is 0. The van der Waals surface area contributed by atoms with Crippen molar-refractivity contribution in [3.8, 4) is 5.75 Å². The molecule has 3 rings (SSSR count). The zero-order chi connectivity index (χ0) is 33.6. The van der Waals surface area contributed by atoms with Gasteiger partial charge in [0, 0.05) is 90.2 Å². The largest absolute Gasteiger partial charge is 3.00 e. The van der Waals surface area contributed by atoms with Crippen LogP contribution in [-0.4, -0.2) is 150 Å². The zero-order valence-corrected chi connectivity index (χ0v) is 28.2. The van der Waals surface area contributed by atoms with Gasteiger partial charge in [-0.2, -0.15) is 0 Å². The van der Waals surface area contributed by atoms with Crippen LogP contribution >= 0.6 is 0 Å². The summed E-state index contributed by atoms with van der Waals surface area (Å²) in [6.45, 7) is -0.250. The number of carboxylic acid groups (broad SMARTS) is 3. The predicted octanol–water partition coefficient (Wildman–Crippen LogP) is -4.26. The number of amides is 1. The molecule has 1 aromatic rings. The summed E-state index contributed by atoms with van der Waals surface area (Å²) in [6.07, 6.45) is 3.14. The molecule has 0 spiro atoms. The van der Waals surface area contributed by atoms with Crippen LogP contribution in [0.4, 0.5) is 5.69 Å². The van der Waals surface area contributed by atoms with Crippen molar-refractivity contribution in [2.24, 2.45) is 0 Å². The first-order chi connectivity index (χ1) is 21.9. The molecule has 1 aliphatic heterocycles. The molecule has 18 heteroatoms. The van der Waals surface area contributed by atoms with Crippen LogP contribution in [-0.2, 0) is 24.0 Å². The van der Waals surface area contributed by atoms with Crippen LogP contribution in [0.2, 0.25) is 0 Å². The molecule has 47 heavy (non-hydrogen) atoms. The number of carbonyl (C=O) groups excluding carboxylic acids is 5. The summed E-state index contributed by atoms with van der Waals surface area (Å²) in [6, 6.07) is 4.79. The van der Waals surface area contributed by atoms with Gasteiger partial charge in [0.2, 0.25) is 5.91 Å². The Labute approximate surface area is 304 Å². The van der Waals surface area contributed by atoms with E-state index < -0.39 is 48.4 Å². The minimum absolute atomic E-state index is 0. The number of aliphatic carboxylic acids is 3. The van der Waals surface area contributed by atoms with Crippen LogP contribution in [0, 0.1) is 50.1 Å². The number of nitrogens with zero attached hydrogens (tertiary/aromatic N) is 6. The molecule has 1 aromatic carbocycles. The van der Waals surface area contributed by atoms with Gasteiger partial charge in [0.25, 0.3) is 5.69 Å². The molecule has 1 heterocycles. The van der Waals surface area contributed by atoms with Crippen molar-refractivity contribution in [2.75, 3.05) is 85.1 Å². The summed E-state index contributed by atoms with van der Waals surface area (Å²) < 4.78 is 5.36. The summed E-state index contributed by atoms with van der Waals surface area (Å²) >= 11 is 0. The van der Waals surface area contributed by atoms with Crippen LogP contribution in [0.3, 0.4) is 0 Å². The van der Waals surface area contributed by atoms with E-state index in [1.807, 2.05) is 0 Å². The van der Waals surface area contributed by atoms with E-state index in [1.54, 1.807) is 14.7 Å². The second kappa shape index (κ2) is 20.5. The fourth-order valence-corrected chi connectivity index (χ4v) is 5.62. The van der Waals surface area contributed by atoms with Crippen LogP contribution in [0.15, 0.2) is 24.3 Å². The van der Waals surface area contributed by atoms with Gasteiger partial charge in [0.15, 0.2) is 0 Å². The van der Waals surface area contributed by atoms with Gasteiger partial charge in [-0.1, -0.05) is 12.8 Å². The van der Waals surface area contributed by atoms with E-state index in [1.165, 1.54) is 34.1 Å². The molecule has 1 amide bonds. The minimum atomic E-state index is -1.32. The second-order valence-corrected chi connectivity index (χ2v) is 11.4. The van der Waals surface area contributed by atoms with E-state index in [-0.39, 0.29) is 129 Å². The molecular weight excluding hydrogens is 766 g/mol. The van der Waals surface area contributed by atoms with Gasteiger partial charge in [0.1, 0.15) is 12.3 Å². The van der Waals surface area contributed by atoms with E-state index >= 15 is 0 Å². The van der Waals surface area contributed by atoms with Crippen molar-refractivity contribution < 1.29 is 88.9 Å². The van der Waals surface area contributed by atoms with E-state index in [9.17, 15) is 49.4 Å². The Bertz CT molecular complexity index is 1200. The molecule has 0 aromatic heterocycles. The Kier molecular flexibility index (Phi) is 17.6. The Hall–Kier alpha value is -2.87. The van der Waals surface area contributed by atoms with E-state index in [4.69, 9.17) is 4.74 Å². The fourth-order valence-electron chi connectivity index (χ4n) is 5.62. The number of nitro benzene ring substituents is 1. The Balaban J connectivity index is 0.00000768. The molecule has 2 aliphatic rings. The number of ether oxygens (including phenoxy) is 1. The third-order valence-electron chi connectivity index (χ3n) is 8.01. The van der Waals surface area contributed by atoms with Crippen LogP contribution in [0.5, 0.6) is 5.75 Å². The number of esters is 1. The second-order valence-electron chi connectivity index (χ2n) is 11.4. The van der Waals surface area contributed by atoms with Crippen molar-refractivity contribution in [1.82, 2.24) is 24.5 Å². The van der Waals surface area contributed by atoms with Crippen molar-refractivity contribution in [3.63, 3.8) is 0 Å². The molecule has 259 valence electrons. The molecule has 1 aliphatic carbocycles. The van der Waals surface area contributed by atoms with Crippen molar-refractivity contribution in [3.05, 3.63) is 34.4 Å². The molecule has 2 fully saturated rings. The zero-order valence-electron chi connectivity index (χ0n) is 25.9. The third kappa shape index (κ3) is 14.8. The summed E-state index contributed by atoms with van der Waals surface area (Å²) in [4.78, 5) is 79.0. The molecule has 1 saturated heterocycles. The van der Waals surface area contributed by atoms with Crippen molar-refractivity contribution in [1.29, 1.82) is 0 Å². The SMILES string of the molecule is O=C([O-])CN1CCN(CC(=O)[O-])CCN(CC(=O)N(CC(=O)Oc2ccc([N+](=O)[O-])cc2)C2CCCC2)CCN(CC(=O)[O-])CC1.[Gd+3]. The summed E-state index contributed by atoms with van der Waals surface area (Å²) in [5.41, 5.74) is -0.167.